The molecule has 0 bridgehead atoms. The molecule has 0 atom stereocenters. The quantitative estimate of drug-likeness (QED) is 0.767. The topological polar surface area (TPSA) is 88.6 Å². The van der Waals surface area contributed by atoms with Crippen molar-refractivity contribution in [3.8, 4) is 5.75 Å². The van der Waals surface area contributed by atoms with Gasteiger partial charge in [-0.25, -0.2) is 8.42 Å². The number of carbonyl (C=O) groups is 1. The summed E-state index contributed by atoms with van der Waals surface area (Å²) >= 11 is 0. The second-order valence-corrected chi connectivity index (χ2v) is 8.65. The maximum atomic E-state index is 12.8. The largest absolute Gasteiger partial charge is 0.484 e. The van der Waals surface area contributed by atoms with Crippen molar-refractivity contribution < 1.29 is 17.9 Å². The molecule has 1 aromatic carbocycles. The highest BCUT2D eigenvalue weighted by atomic mass is 32.2. The van der Waals surface area contributed by atoms with Crippen LogP contribution in [0.3, 0.4) is 0 Å². The smallest absolute Gasteiger partial charge is 0.258 e. The Morgan fingerprint density at radius 2 is 1.64 bits per heavy atom. The van der Waals surface area contributed by atoms with Gasteiger partial charge in [0.05, 0.1) is 4.90 Å². The van der Waals surface area contributed by atoms with Crippen molar-refractivity contribution in [3.05, 3.63) is 54.4 Å². The summed E-state index contributed by atoms with van der Waals surface area (Å²) in [5.74, 6) is 0.201. The van der Waals surface area contributed by atoms with Gasteiger partial charge < -0.3 is 10.1 Å². The molecule has 28 heavy (non-hydrogen) atoms. The van der Waals surface area contributed by atoms with Crippen molar-refractivity contribution in [2.45, 2.75) is 37.1 Å². The molecule has 1 fully saturated rings. The number of amides is 1. The predicted molar refractivity (Wildman–Crippen MR) is 105 cm³/mol. The zero-order valence-electron chi connectivity index (χ0n) is 15.7. The van der Waals surface area contributed by atoms with Crippen LogP contribution in [-0.2, 0) is 21.4 Å². The van der Waals surface area contributed by atoms with E-state index in [1.807, 2.05) is 12.1 Å². The van der Waals surface area contributed by atoms with E-state index in [0.29, 0.717) is 25.4 Å². The van der Waals surface area contributed by atoms with Crippen molar-refractivity contribution in [1.29, 1.82) is 0 Å². The molecule has 0 saturated carbocycles. The molecule has 0 aliphatic carbocycles. The van der Waals surface area contributed by atoms with E-state index in [2.05, 4.69) is 10.3 Å². The Labute approximate surface area is 165 Å². The van der Waals surface area contributed by atoms with Gasteiger partial charge in [-0.05, 0) is 54.8 Å². The number of nitrogens with zero attached hydrogens (tertiary/aromatic N) is 2. The van der Waals surface area contributed by atoms with Crippen LogP contribution in [0.25, 0.3) is 0 Å². The maximum absolute atomic E-state index is 12.8. The molecule has 8 heteroatoms. The summed E-state index contributed by atoms with van der Waals surface area (Å²) in [7, 11) is -3.48. The first-order valence-corrected chi connectivity index (χ1v) is 10.9. The summed E-state index contributed by atoms with van der Waals surface area (Å²) < 4.78 is 32.5. The highest BCUT2D eigenvalue weighted by Crippen LogP contribution is 2.22. The minimum absolute atomic E-state index is 0.136. The minimum Gasteiger partial charge on any atom is -0.484 e. The Balaban J connectivity index is 1.51. The number of ether oxygens (including phenoxy) is 1. The highest BCUT2D eigenvalue weighted by molar-refractivity contribution is 7.89. The Hall–Kier alpha value is -2.45. The Morgan fingerprint density at radius 1 is 1.00 bits per heavy atom. The second kappa shape index (κ2) is 9.66. The lowest BCUT2D eigenvalue weighted by molar-refractivity contribution is -0.123. The normalized spacial score (nSPS) is 15.6. The van der Waals surface area contributed by atoms with Crippen LogP contribution in [0.2, 0.25) is 0 Å². The second-order valence-electron chi connectivity index (χ2n) is 6.71. The van der Waals surface area contributed by atoms with Crippen LogP contribution >= 0.6 is 0 Å². The number of benzene rings is 1. The lowest BCUT2D eigenvalue weighted by Gasteiger charge is -2.20. The molecular formula is C20H25N3O4S. The fourth-order valence-electron chi connectivity index (χ4n) is 3.04. The molecule has 0 spiro atoms. The SMILES string of the molecule is O=C(COc1ccc(S(=O)(=O)N2CCCCCC2)cc1)NCc1ccncc1. The van der Waals surface area contributed by atoms with E-state index in [0.717, 1.165) is 31.2 Å². The summed E-state index contributed by atoms with van der Waals surface area (Å²) in [4.78, 5) is 16.1. The lowest BCUT2D eigenvalue weighted by Crippen LogP contribution is -2.31. The van der Waals surface area contributed by atoms with Crippen molar-refractivity contribution in [2.75, 3.05) is 19.7 Å². The third-order valence-electron chi connectivity index (χ3n) is 4.64. The standard InChI is InChI=1S/C20H25N3O4S/c24-20(22-15-17-9-11-21-12-10-17)16-27-18-5-7-19(8-6-18)28(25,26)23-13-3-1-2-4-14-23/h5-12H,1-4,13-16H2,(H,22,24). The molecule has 0 radical (unpaired) electrons. The minimum atomic E-state index is -3.48. The summed E-state index contributed by atoms with van der Waals surface area (Å²) in [5.41, 5.74) is 0.950. The number of hydrogen-bond donors (Lipinski definition) is 1. The molecule has 0 unspecified atom stereocenters. The van der Waals surface area contributed by atoms with Crippen LogP contribution < -0.4 is 10.1 Å². The molecule has 1 amide bonds. The zero-order valence-corrected chi connectivity index (χ0v) is 16.5. The Morgan fingerprint density at radius 3 is 2.29 bits per heavy atom. The Kier molecular flexibility index (Phi) is 7.00. The maximum Gasteiger partial charge on any atom is 0.258 e. The van der Waals surface area contributed by atoms with Gasteiger partial charge in [-0.3, -0.25) is 9.78 Å². The molecule has 1 aliphatic rings. The van der Waals surface area contributed by atoms with Crippen LogP contribution in [0.15, 0.2) is 53.7 Å². The van der Waals surface area contributed by atoms with Gasteiger partial charge in [0.1, 0.15) is 5.75 Å². The third kappa shape index (κ3) is 5.53. The van der Waals surface area contributed by atoms with Gasteiger partial charge in [0.15, 0.2) is 6.61 Å². The van der Waals surface area contributed by atoms with Gasteiger partial charge in [-0.2, -0.15) is 4.31 Å². The predicted octanol–water partition coefficient (Wildman–Crippen LogP) is 2.34. The third-order valence-corrected chi connectivity index (χ3v) is 6.55. The van der Waals surface area contributed by atoms with Gasteiger partial charge in [-0.1, -0.05) is 12.8 Å². The van der Waals surface area contributed by atoms with Crippen molar-refractivity contribution in [1.82, 2.24) is 14.6 Å². The average Bonchev–Trinajstić information content (AvgIpc) is 3.02. The molecular weight excluding hydrogens is 378 g/mol. The lowest BCUT2D eigenvalue weighted by atomic mass is 10.2. The number of nitrogens with one attached hydrogen (secondary N) is 1. The number of rotatable bonds is 7. The molecule has 1 aromatic heterocycles. The van der Waals surface area contributed by atoms with E-state index in [1.165, 1.54) is 12.1 Å². The van der Waals surface area contributed by atoms with Gasteiger partial charge >= 0.3 is 0 Å². The fourth-order valence-corrected chi connectivity index (χ4v) is 4.56. The summed E-state index contributed by atoms with van der Waals surface area (Å²) in [5, 5.41) is 2.76. The number of aromatic nitrogens is 1. The Bertz CT molecular complexity index is 862. The summed E-state index contributed by atoms with van der Waals surface area (Å²) in [6.45, 7) is 1.40. The fraction of sp³-hybridized carbons (Fsp3) is 0.400. The number of carbonyl (C=O) groups excluding carboxylic acids is 1. The molecule has 2 heterocycles. The van der Waals surface area contributed by atoms with Gasteiger partial charge in [0.2, 0.25) is 10.0 Å². The zero-order chi connectivity index (χ0) is 19.8. The van der Waals surface area contributed by atoms with Crippen LogP contribution in [0.4, 0.5) is 0 Å². The van der Waals surface area contributed by atoms with E-state index in [9.17, 15) is 13.2 Å². The van der Waals surface area contributed by atoms with Crippen LogP contribution in [0, 0.1) is 0 Å². The first kappa shape index (κ1) is 20.3. The van der Waals surface area contributed by atoms with Crippen LogP contribution in [0.5, 0.6) is 5.75 Å². The molecule has 1 saturated heterocycles. The van der Waals surface area contributed by atoms with E-state index >= 15 is 0 Å². The number of pyridine rings is 1. The average molecular weight is 404 g/mol. The van der Waals surface area contributed by atoms with Gasteiger partial charge in [0, 0.05) is 32.0 Å². The molecule has 1 N–H and O–H groups in total. The highest BCUT2D eigenvalue weighted by Gasteiger charge is 2.24. The summed E-state index contributed by atoms with van der Waals surface area (Å²) in [6.07, 6.45) is 7.27. The van der Waals surface area contributed by atoms with E-state index in [1.54, 1.807) is 28.8 Å². The van der Waals surface area contributed by atoms with Crippen LogP contribution in [0.1, 0.15) is 31.2 Å². The van der Waals surface area contributed by atoms with E-state index < -0.39 is 10.0 Å². The van der Waals surface area contributed by atoms with Crippen LogP contribution in [-0.4, -0.2) is 43.3 Å². The van der Waals surface area contributed by atoms with E-state index in [-0.39, 0.29) is 17.4 Å². The van der Waals surface area contributed by atoms with E-state index in [4.69, 9.17) is 4.74 Å². The van der Waals surface area contributed by atoms with Gasteiger partial charge in [0.25, 0.3) is 5.91 Å². The molecule has 3 rings (SSSR count). The van der Waals surface area contributed by atoms with Crippen molar-refractivity contribution >= 4 is 15.9 Å². The molecule has 150 valence electrons. The first-order valence-electron chi connectivity index (χ1n) is 9.44. The first-order chi connectivity index (χ1) is 13.6. The molecule has 7 nitrogen and oxygen atoms in total. The monoisotopic (exact) mass is 403 g/mol. The van der Waals surface area contributed by atoms with Crippen molar-refractivity contribution in [2.24, 2.45) is 0 Å². The summed E-state index contributed by atoms with van der Waals surface area (Å²) in [6, 6.07) is 9.88. The molecule has 1 aliphatic heterocycles. The van der Waals surface area contributed by atoms with Gasteiger partial charge in [-0.15, -0.1) is 0 Å². The number of sulfonamides is 1. The number of hydrogen-bond acceptors (Lipinski definition) is 5. The molecule has 2 aromatic rings. The van der Waals surface area contributed by atoms with Crippen molar-refractivity contribution in [3.63, 3.8) is 0 Å².